The van der Waals surface area contributed by atoms with Crippen molar-refractivity contribution in [3.8, 4) is 0 Å². The van der Waals surface area contributed by atoms with E-state index in [9.17, 15) is 13.0 Å². The summed E-state index contributed by atoms with van der Waals surface area (Å²) < 4.78 is 32.5. The molecule has 0 spiro atoms. The molecule has 0 saturated carbocycles. The Kier molecular flexibility index (Phi) is 9.20. The second-order valence-corrected chi connectivity index (χ2v) is 6.00. The van der Waals surface area contributed by atoms with Crippen molar-refractivity contribution in [2.75, 3.05) is 0 Å². The SMILES string of the molecule is CCCCCC(CC)c1ccc(S(=O)(=O)[O-])cc1.[Na+]. The second-order valence-electron chi connectivity index (χ2n) is 4.62. The smallest absolute Gasteiger partial charge is 0.744 e. The Morgan fingerprint density at radius 3 is 2.11 bits per heavy atom. The minimum absolute atomic E-state index is 0. The van der Waals surface area contributed by atoms with Crippen molar-refractivity contribution in [2.24, 2.45) is 0 Å². The van der Waals surface area contributed by atoms with Gasteiger partial charge in [0.1, 0.15) is 10.1 Å². The summed E-state index contributed by atoms with van der Waals surface area (Å²) in [5.74, 6) is 0.458. The average Bonchev–Trinajstić information content (AvgIpc) is 2.34. The zero-order valence-electron chi connectivity index (χ0n) is 12.1. The molecule has 1 rings (SSSR count). The van der Waals surface area contributed by atoms with E-state index in [-0.39, 0.29) is 34.5 Å². The van der Waals surface area contributed by atoms with Crippen LogP contribution >= 0.6 is 0 Å². The molecule has 1 unspecified atom stereocenters. The Morgan fingerprint density at radius 1 is 1.11 bits per heavy atom. The third-order valence-electron chi connectivity index (χ3n) is 3.29. The fraction of sp³-hybridized carbons (Fsp3) is 0.571. The van der Waals surface area contributed by atoms with Crippen LogP contribution in [0.25, 0.3) is 0 Å². The molecule has 0 aliphatic heterocycles. The largest absolute Gasteiger partial charge is 1.00 e. The third kappa shape index (κ3) is 6.41. The third-order valence-corrected chi connectivity index (χ3v) is 4.14. The van der Waals surface area contributed by atoms with Gasteiger partial charge in [-0.3, -0.25) is 0 Å². The first kappa shape index (κ1) is 19.1. The van der Waals surface area contributed by atoms with E-state index < -0.39 is 10.1 Å². The van der Waals surface area contributed by atoms with Crippen LogP contribution in [0.2, 0.25) is 0 Å². The molecule has 5 heteroatoms. The van der Waals surface area contributed by atoms with Crippen LogP contribution in [0, 0.1) is 0 Å². The first-order valence-corrected chi connectivity index (χ1v) is 7.95. The molecule has 0 heterocycles. The Morgan fingerprint density at radius 2 is 1.68 bits per heavy atom. The Bertz CT molecular complexity index is 454. The van der Waals surface area contributed by atoms with Gasteiger partial charge < -0.3 is 4.55 Å². The number of hydrogen-bond donors (Lipinski definition) is 0. The Hall–Kier alpha value is 0.130. The molecule has 0 amide bonds. The average molecular weight is 292 g/mol. The van der Waals surface area contributed by atoms with Gasteiger partial charge in [-0.25, -0.2) is 8.42 Å². The van der Waals surface area contributed by atoms with Crippen molar-refractivity contribution >= 4 is 10.1 Å². The molecule has 1 atom stereocenters. The second kappa shape index (κ2) is 9.14. The van der Waals surface area contributed by atoms with Crippen molar-refractivity contribution in [1.82, 2.24) is 0 Å². The van der Waals surface area contributed by atoms with Crippen molar-refractivity contribution < 1.29 is 42.5 Å². The van der Waals surface area contributed by atoms with Gasteiger partial charge >= 0.3 is 29.6 Å². The molecule has 0 radical (unpaired) electrons. The Balaban J connectivity index is 0.00000324. The molecule has 102 valence electrons. The zero-order valence-corrected chi connectivity index (χ0v) is 14.9. The summed E-state index contributed by atoms with van der Waals surface area (Å²) in [7, 11) is -4.32. The summed E-state index contributed by atoms with van der Waals surface area (Å²) in [5, 5.41) is 0. The minimum Gasteiger partial charge on any atom is -0.744 e. The van der Waals surface area contributed by atoms with E-state index in [1.165, 1.54) is 31.4 Å². The van der Waals surface area contributed by atoms with E-state index >= 15 is 0 Å². The van der Waals surface area contributed by atoms with Crippen LogP contribution in [-0.2, 0) is 10.1 Å². The van der Waals surface area contributed by atoms with Crippen molar-refractivity contribution in [2.45, 2.75) is 56.8 Å². The quantitative estimate of drug-likeness (QED) is 0.422. The maximum atomic E-state index is 10.8. The van der Waals surface area contributed by atoms with E-state index in [1.807, 2.05) is 0 Å². The maximum Gasteiger partial charge on any atom is 1.00 e. The molecule has 0 saturated heterocycles. The molecule has 0 fully saturated rings. The van der Waals surface area contributed by atoms with E-state index in [0.29, 0.717) is 5.92 Å². The number of hydrogen-bond acceptors (Lipinski definition) is 3. The minimum atomic E-state index is -4.32. The predicted molar refractivity (Wildman–Crippen MR) is 71.6 cm³/mol. The zero-order chi connectivity index (χ0) is 13.6. The molecule has 0 aromatic heterocycles. The fourth-order valence-electron chi connectivity index (χ4n) is 2.15. The fourth-order valence-corrected chi connectivity index (χ4v) is 2.62. The van der Waals surface area contributed by atoms with Crippen molar-refractivity contribution in [3.05, 3.63) is 29.8 Å². The summed E-state index contributed by atoms with van der Waals surface area (Å²) >= 11 is 0. The predicted octanol–water partition coefficient (Wildman–Crippen LogP) is 0.669. The summed E-state index contributed by atoms with van der Waals surface area (Å²) in [6.07, 6.45) is 5.77. The maximum absolute atomic E-state index is 10.8. The van der Waals surface area contributed by atoms with E-state index in [4.69, 9.17) is 0 Å². The van der Waals surface area contributed by atoms with Gasteiger partial charge in [-0.15, -0.1) is 0 Å². The van der Waals surface area contributed by atoms with E-state index in [0.717, 1.165) is 18.4 Å². The number of benzene rings is 1. The molecule has 0 bridgehead atoms. The van der Waals surface area contributed by atoms with Crippen molar-refractivity contribution in [1.29, 1.82) is 0 Å². The molecule has 1 aromatic rings. The summed E-state index contributed by atoms with van der Waals surface area (Å²) in [6.45, 7) is 4.31. The van der Waals surface area contributed by atoms with Crippen LogP contribution < -0.4 is 29.6 Å². The molecule has 1 aromatic carbocycles. The monoisotopic (exact) mass is 292 g/mol. The number of rotatable bonds is 7. The first-order valence-electron chi connectivity index (χ1n) is 6.54. The van der Waals surface area contributed by atoms with Crippen molar-refractivity contribution in [3.63, 3.8) is 0 Å². The van der Waals surface area contributed by atoms with Gasteiger partial charge in [-0.05, 0) is 36.5 Å². The van der Waals surface area contributed by atoms with Crippen LogP contribution in [0.3, 0.4) is 0 Å². The first-order chi connectivity index (χ1) is 8.49. The molecule has 19 heavy (non-hydrogen) atoms. The molecule has 0 aliphatic carbocycles. The van der Waals surface area contributed by atoms with Gasteiger partial charge in [0.2, 0.25) is 0 Å². The molecule has 0 aliphatic rings. The van der Waals surface area contributed by atoms with Gasteiger partial charge in [-0.1, -0.05) is 45.2 Å². The van der Waals surface area contributed by atoms with Gasteiger partial charge in [-0.2, -0.15) is 0 Å². The Labute approximate surface area is 138 Å². The molecule has 3 nitrogen and oxygen atoms in total. The van der Waals surface area contributed by atoms with Gasteiger partial charge in [0.25, 0.3) is 0 Å². The van der Waals surface area contributed by atoms with Crippen LogP contribution in [0.15, 0.2) is 29.2 Å². The summed E-state index contributed by atoms with van der Waals surface area (Å²) in [6, 6.07) is 6.37. The standard InChI is InChI=1S/C14H22O3S.Na/c1-3-5-6-7-12(4-2)13-8-10-14(11-9-13)18(15,16)17;/h8-12H,3-7H2,1-2H3,(H,15,16,17);/q;+1/p-1. The normalized spacial score (nSPS) is 12.8. The van der Waals surface area contributed by atoms with Gasteiger partial charge in [0.15, 0.2) is 0 Å². The van der Waals surface area contributed by atoms with E-state index in [2.05, 4.69) is 13.8 Å². The summed E-state index contributed by atoms with van der Waals surface area (Å²) in [4.78, 5) is -0.144. The van der Waals surface area contributed by atoms with Gasteiger partial charge in [0, 0.05) is 0 Å². The van der Waals surface area contributed by atoms with E-state index in [1.54, 1.807) is 12.1 Å². The molecular formula is C14H21NaO3S. The number of unbranched alkanes of at least 4 members (excludes halogenated alkanes) is 2. The van der Waals surface area contributed by atoms with Crippen LogP contribution in [0.1, 0.15) is 57.4 Å². The van der Waals surface area contributed by atoms with Crippen LogP contribution in [-0.4, -0.2) is 13.0 Å². The topological polar surface area (TPSA) is 57.2 Å². The van der Waals surface area contributed by atoms with Gasteiger partial charge in [0.05, 0.1) is 4.90 Å². The summed E-state index contributed by atoms with van der Waals surface area (Å²) in [5.41, 5.74) is 1.13. The molecular weight excluding hydrogens is 271 g/mol. The van der Waals surface area contributed by atoms with Crippen LogP contribution in [0.4, 0.5) is 0 Å². The molecule has 0 N–H and O–H groups in total. The van der Waals surface area contributed by atoms with Crippen LogP contribution in [0.5, 0.6) is 0 Å².